The number of hydrogen-bond donors (Lipinski definition) is 3. The van der Waals surface area contributed by atoms with Gasteiger partial charge in [-0.1, -0.05) is 60.1 Å². The first-order valence-corrected chi connectivity index (χ1v) is 14.0. The molecule has 4 saturated carbocycles. The molecule has 0 aromatic heterocycles. The fraction of sp³-hybridized carbons (Fsp3) is 0.900. The molecule has 0 heterocycles. The minimum atomic E-state index is -0.592. The highest BCUT2D eigenvalue weighted by Gasteiger charge is 2.71. The first-order chi connectivity index (χ1) is 15.7. The van der Waals surface area contributed by atoms with Gasteiger partial charge in [0.15, 0.2) is 0 Å². The van der Waals surface area contributed by atoms with Crippen molar-refractivity contribution in [3.63, 3.8) is 0 Å². The predicted molar refractivity (Wildman–Crippen MR) is 134 cm³/mol. The van der Waals surface area contributed by atoms with Gasteiger partial charge in [-0.2, -0.15) is 0 Å². The molecule has 5 rings (SSSR count). The van der Waals surface area contributed by atoms with E-state index in [1.807, 2.05) is 0 Å². The summed E-state index contributed by atoms with van der Waals surface area (Å²) >= 11 is 0. The Bertz CT molecular complexity index is 907. The highest BCUT2D eigenvalue weighted by atomic mass is 16.4. The average Bonchev–Trinajstić information content (AvgIpc) is 2.76. The van der Waals surface area contributed by atoms with Crippen molar-refractivity contribution in [2.45, 2.75) is 112 Å². The van der Waals surface area contributed by atoms with Crippen molar-refractivity contribution in [2.24, 2.45) is 56.7 Å². The summed E-state index contributed by atoms with van der Waals surface area (Å²) in [6.45, 7) is 16.2. The van der Waals surface area contributed by atoms with Crippen molar-refractivity contribution >= 4 is 5.97 Å². The SMILES string of the molecule is C[C@H]1[C@H](C)CC[C@]2(C(=O)O)CC[C@]3(C)C4=CC[C@H]5C(C)(C)[C@@H](O)C[C@H](O)[C@]5(C)[C@H]4CC[C@@]3(C)[C@H]12. The Kier molecular flexibility index (Phi) is 5.36. The minimum absolute atomic E-state index is 0.0429. The summed E-state index contributed by atoms with van der Waals surface area (Å²) in [6, 6.07) is 0. The molecule has 4 fully saturated rings. The maximum atomic E-state index is 12.9. The number of carbonyl (C=O) groups is 1. The molecular formula is C30H48O4. The zero-order valence-corrected chi connectivity index (χ0v) is 22.5. The molecule has 4 heteroatoms. The molecule has 5 aliphatic rings. The van der Waals surface area contributed by atoms with Crippen LogP contribution in [-0.4, -0.2) is 33.5 Å². The van der Waals surface area contributed by atoms with E-state index in [-0.39, 0.29) is 33.5 Å². The van der Waals surface area contributed by atoms with Crippen LogP contribution in [0, 0.1) is 56.7 Å². The molecule has 0 aromatic carbocycles. The van der Waals surface area contributed by atoms with Crippen molar-refractivity contribution < 1.29 is 20.1 Å². The van der Waals surface area contributed by atoms with Crippen LogP contribution in [0.25, 0.3) is 0 Å². The second-order valence-electron chi connectivity index (χ2n) is 14.6. The topological polar surface area (TPSA) is 77.8 Å². The molecule has 5 aliphatic carbocycles. The summed E-state index contributed by atoms with van der Waals surface area (Å²) in [5.74, 6) is 1.12. The molecule has 0 radical (unpaired) electrons. The van der Waals surface area contributed by atoms with Crippen LogP contribution in [0.1, 0.15) is 99.8 Å². The molecule has 0 bridgehead atoms. The van der Waals surface area contributed by atoms with Gasteiger partial charge < -0.3 is 15.3 Å². The second-order valence-corrected chi connectivity index (χ2v) is 14.6. The molecule has 0 spiro atoms. The zero-order valence-electron chi connectivity index (χ0n) is 22.5. The van der Waals surface area contributed by atoms with Crippen LogP contribution in [0.4, 0.5) is 0 Å². The standard InChI is InChI=1S/C30H48O4/c1-17-10-13-30(25(33)34)15-14-27(5)19-8-9-21-26(3,4)22(31)16-23(32)29(21,7)20(19)11-12-28(27,6)24(30)18(17)2/h8,17-18,20-24,31-32H,9-16H2,1-7H3,(H,33,34)/t17-,18+,20+,21+,22+,23+,24+,27-,28+,29-,30+/m1/s1. The van der Waals surface area contributed by atoms with Crippen molar-refractivity contribution in [1.82, 2.24) is 0 Å². The van der Waals surface area contributed by atoms with E-state index in [0.717, 1.165) is 44.9 Å². The molecule has 192 valence electrons. The van der Waals surface area contributed by atoms with Crippen molar-refractivity contribution in [2.75, 3.05) is 0 Å². The third kappa shape index (κ3) is 2.71. The van der Waals surface area contributed by atoms with Gasteiger partial charge in [-0.3, -0.25) is 4.79 Å². The Morgan fingerprint density at radius 3 is 2.26 bits per heavy atom. The molecule has 0 unspecified atom stereocenters. The Balaban J connectivity index is 1.62. The van der Waals surface area contributed by atoms with Gasteiger partial charge in [0.1, 0.15) is 0 Å². The monoisotopic (exact) mass is 472 g/mol. The molecule has 34 heavy (non-hydrogen) atoms. The lowest BCUT2D eigenvalue weighted by Gasteiger charge is -2.71. The number of carboxylic acid groups (broad SMARTS) is 1. The molecule has 0 aliphatic heterocycles. The number of aliphatic hydroxyl groups excluding tert-OH is 2. The largest absolute Gasteiger partial charge is 0.481 e. The number of carboxylic acids is 1. The molecule has 0 saturated heterocycles. The maximum Gasteiger partial charge on any atom is 0.309 e. The van der Waals surface area contributed by atoms with E-state index in [4.69, 9.17) is 0 Å². The summed E-state index contributed by atoms with van der Waals surface area (Å²) < 4.78 is 0. The lowest BCUT2D eigenvalue weighted by Crippen LogP contribution is -2.67. The van der Waals surface area contributed by atoms with E-state index in [0.29, 0.717) is 24.2 Å². The summed E-state index contributed by atoms with van der Waals surface area (Å²) in [5, 5.41) is 32.9. The number of allylic oxidation sites excluding steroid dienone is 2. The van der Waals surface area contributed by atoms with Crippen LogP contribution in [0.3, 0.4) is 0 Å². The molecule has 3 N–H and O–H groups in total. The van der Waals surface area contributed by atoms with E-state index in [2.05, 4.69) is 54.5 Å². The van der Waals surface area contributed by atoms with Gasteiger partial charge in [-0.05, 0) is 90.8 Å². The molecule has 0 aromatic rings. The molecule has 0 amide bonds. The number of hydrogen-bond acceptors (Lipinski definition) is 3. The Morgan fingerprint density at radius 2 is 1.62 bits per heavy atom. The number of aliphatic carboxylic acids is 1. The quantitative estimate of drug-likeness (QED) is 0.405. The normalized spacial score (nSPS) is 56.3. The van der Waals surface area contributed by atoms with E-state index in [1.54, 1.807) is 0 Å². The van der Waals surface area contributed by atoms with E-state index < -0.39 is 23.6 Å². The van der Waals surface area contributed by atoms with Crippen LogP contribution in [-0.2, 0) is 4.79 Å². The van der Waals surface area contributed by atoms with Crippen LogP contribution in [0.2, 0.25) is 0 Å². The maximum absolute atomic E-state index is 12.9. The van der Waals surface area contributed by atoms with E-state index in [9.17, 15) is 20.1 Å². The van der Waals surface area contributed by atoms with Crippen LogP contribution < -0.4 is 0 Å². The Labute approximate surface area is 206 Å². The van der Waals surface area contributed by atoms with E-state index >= 15 is 0 Å². The highest BCUT2D eigenvalue weighted by molar-refractivity contribution is 5.76. The lowest BCUT2D eigenvalue weighted by molar-refractivity contribution is -0.218. The number of fused-ring (bicyclic) bond motifs is 7. The number of aliphatic hydroxyl groups is 2. The number of rotatable bonds is 1. The van der Waals surface area contributed by atoms with E-state index in [1.165, 1.54) is 5.57 Å². The first kappa shape index (κ1) is 24.8. The van der Waals surface area contributed by atoms with Gasteiger partial charge in [0, 0.05) is 11.8 Å². The average molecular weight is 473 g/mol. The van der Waals surface area contributed by atoms with Gasteiger partial charge in [-0.15, -0.1) is 0 Å². The smallest absolute Gasteiger partial charge is 0.309 e. The first-order valence-electron chi connectivity index (χ1n) is 14.0. The van der Waals surface area contributed by atoms with Crippen LogP contribution in [0.5, 0.6) is 0 Å². The Morgan fingerprint density at radius 1 is 0.941 bits per heavy atom. The van der Waals surface area contributed by atoms with Crippen LogP contribution in [0.15, 0.2) is 11.6 Å². The molecule has 11 atom stereocenters. The van der Waals surface area contributed by atoms with Crippen molar-refractivity contribution in [3.05, 3.63) is 11.6 Å². The van der Waals surface area contributed by atoms with Crippen LogP contribution >= 0.6 is 0 Å². The lowest BCUT2D eigenvalue weighted by atomic mass is 9.33. The third-order valence-electron chi connectivity index (χ3n) is 13.5. The molecular weight excluding hydrogens is 424 g/mol. The zero-order chi connectivity index (χ0) is 25.1. The second kappa shape index (κ2) is 7.34. The van der Waals surface area contributed by atoms with Crippen molar-refractivity contribution in [1.29, 1.82) is 0 Å². The van der Waals surface area contributed by atoms with Gasteiger partial charge in [-0.25, -0.2) is 0 Å². The van der Waals surface area contributed by atoms with Gasteiger partial charge in [0.05, 0.1) is 17.6 Å². The summed E-state index contributed by atoms with van der Waals surface area (Å²) in [6.07, 6.45) is 8.45. The highest BCUT2D eigenvalue weighted by Crippen LogP contribution is 2.75. The fourth-order valence-corrected chi connectivity index (χ4v) is 10.9. The van der Waals surface area contributed by atoms with Gasteiger partial charge in [0.2, 0.25) is 0 Å². The third-order valence-corrected chi connectivity index (χ3v) is 13.5. The predicted octanol–water partition coefficient (Wildman–Crippen LogP) is 6.06. The Hall–Kier alpha value is -0.870. The van der Waals surface area contributed by atoms with Gasteiger partial charge in [0.25, 0.3) is 0 Å². The summed E-state index contributed by atoms with van der Waals surface area (Å²) in [5.41, 5.74) is 0.345. The molecule has 4 nitrogen and oxygen atoms in total. The summed E-state index contributed by atoms with van der Waals surface area (Å²) in [4.78, 5) is 12.9. The van der Waals surface area contributed by atoms with Gasteiger partial charge >= 0.3 is 5.97 Å². The fourth-order valence-electron chi connectivity index (χ4n) is 10.9. The minimum Gasteiger partial charge on any atom is -0.481 e. The van der Waals surface area contributed by atoms with Crippen molar-refractivity contribution in [3.8, 4) is 0 Å². The summed E-state index contributed by atoms with van der Waals surface area (Å²) in [7, 11) is 0.